The second-order valence-electron chi connectivity index (χ2n) is 3.21. The lowest BCUT2D eigenvalue weighted by Crippen LogP contribution is -2.25. The van der Waals surface area contributed by atoms with Crippen molar-refractivity contribution < 1.29 is 4.74 Å². The number of pyridine rings is 1. The van der Waals surface area contributed by atoms with Crippen LogP contribution in [0.4, 0.5) is 5.82 Å². The predicted octanol–water partition coefficient (Wildman–Crippen LogP) is 0.601. The lowest BCUT2D eigenvalue weighted by atomic mass is 10.3. The van der Waals surface area contributed by atoms with Crippen LogP contribution >= 0.6 is 0 Å². The molecule has 0 saturated heterocycles. The Hall–Kier alpha value is -1.64. The van der Waals surface area contributed by atoms with Crippen LogP contribution in [0, 0.1) is 11.3 Å². The smallest absolute Gasteiger partial charge is 0.127 e. The van der Waals surface area contributed by atoms with Crippen LogP contribution in [-0.4, -0.2) is 38.3 Å². The van der Waals surface area contributed by atoms with E-state index in [2.05, 4.69) is 21.7 Å². The minimum absolute atomic E-state index is 0.616. The van der Waals surface area contributed by atoms with E-state index < -0.39 is 0 Å². The van der Waals surface area contributed by atoms with E-state index in [1.54, 1.807) is 25.4 Å². The molecule has 0 radical (unpaired) electrons. The Morgan fingerprint density at radius 2 is 2.31 bits per heavy atom. The van der Waals surface area contributed by atoms with Gasteiger partial charge in [-0.05, 0) is 12.1 Å². The highest BCUT2D eigenvalue weighted by Gasteiger charge is 1.95. The third-order valence-electron chi connectivity index (χ3n) is 1.98. The molecule has 86 valence electrons. The van der Waals surface area contributed by atoms with Crippen molar-refractivity contribution in [3.05, 3.63) is 23.9 Å². The van der Waals surface area contributed by atoms with Gasteiger partial charge in [0.25, 0.3) is 0 Å². The first-order valence-corrected chi connectivity index (χ1v) is 5.16. The molecule has 5 heteroatoms. The van der Waals surface area contributed by atoms with Crippen LogP contribution in [-0.2, 0) is 4.74 Å². The van der Waals surface area contributed by atoms with Crippen LogP contribution in [0.2, 0.25) is 0 Å². The average Bonchev–Trinajstić information content (AvgIpc) is 2.34. The summed E-state index contributed by atoms with van der Waals surface area (Å²) >= 11 is 0. The summed E-state index contributed by atoms with van der Waals surface area (Å²) < 4.78 is 4.91. The maximum atomic E-state index is 8.70. The van der Waals surface area contributed by atoms with Crippen LogP contribution in [0.5, 0.6) is 0 Å². The van der Waals surface area contributed by atoms with E-state index >= 15 is 0 Å². The summed E-state index contributed by atoms with van der Waals surface area (Å²) in [4.78, 5) is 4.11. The van der Waals surface area contributed by atoms with Crippen molar-refractivity contribution in [3.8, 4) is 6.07 Å². The fourth-order valence-electron chi connectivity index (χ4n) is 1.17. The van der Waals surface area contributed by atoms with Crippen LogP contribution in [0.15, 0.2) is 18.3 Å². The molecular formula is C11H16N4O. The monoisotopic (exact) mass is 220 g/mol. The summed E-state index contributed by atoms with van der Waals surface area (Å²) in [5.74, 6) is 0.729. The zero-order chi connectivity index (χ0) is 11.6. The number of anilines is 1. The first kappa shape index (κ1) is 12.4. The topological polar surface area (TPSA) is 70.0 Å². The molecule has 0 aromatic carbocycles. The Bertz CT molecular complexity index is 348. The number of aromatic nitrogens is 1. The second-order valence-corrected chi connectivity index (χ2v) is 3.21. The number of nitrogens with zero attached hydrogens (tertiary/aromatic N) is 2. The minimum atomic E-state index is 0.616. The van der Waals surface area contributed by atoms with Gasteiger partial charge in [-0.25, -0.2) is 4.98 Å². The van der Waals surface area contributed by atoms with Crippen LogP contribution in [0.1, 0.15) is 5.56 Å². The van der Waals surface area contributed by atoms with E-state index in [0.717, 1.165) is 25.5 Å². The SMILES string of the molecule is COCCNCCNc1cc(C#N)ccn1. The van der Waals surface area contributed by atoms with Gasteiger partial charge in [0.15, 0.2) is 0 Å². The Labute approximate surface area is 95.4 Å². The van der Waals surface area contributed by atoms with Gasteiger partial charge in [-0.3, -0.25) is 0 Å². The molecule has 0 atom stereocenters. The van der Waals surface area contributed by atoms with Crippen molar-refractivity contribution in [1.82, 2.24) is 10.3 Å². The molecule has 0 saturated carbocycles. The maximum Gasteiger partial charge on any atom is 0.127 e. The molecular weight excluding hydrogens is 204 g/mol. The molecule has 5 nitrogen and oxygen atoms in total. The highest BCUT2D eigenvalue weighted by molar-refractivity contribution is 5.42. The molecule has 1 heterocycles. The summed E-state index contributed by atoms with van der Waals surface area (Å²) in [7, 11) is 1.68. The maximum absolute atomic E-state index is 8.70. The standard InChI is InChI=1S/C11H16N4O/c1-16-7-6-13-4-5-15-11-8-10(9-12)2-3-14-11/h2-3,8,13H,4-7H2,1H3,(H,14,15). The van der Waals surface area contributed by atoms with E-state index in [0.29, 0.717) is 12.2 Å². The fourth-order valence-corrected chi connectivity index (χ4v) is 1.17. The predicted molar refractivity (Wildman–Crippen MR) is 62.2 cm³/mol. The molecule has 1 aromatic rings. The van der Waals surface area contributed by atoms with E-state index in [1.165, 1.54) is 0 Å². The third-order valence-corrected chi connectivity index (χ3v) is 1.98. The molecule has 0 amide bonds. The van der Waals surface area contributed by atoms with Gasteiger partial charge in [-0.15, -0.1) is 0 Å². The molecule has 0 aliphatic heterocycles. The van der Waals surface area contributed by atoms with Gasteiger partial charge in [0.1, 0.15) is 5.82 Å². The van der Waals surface area contributed by atoms with Crippen molar-refractivity contribution in [1.29, 1.82) is 5.26 Å². The van der Waals surface area contributed by atoms with Crippen molar-refractivity contribution >= 4 is 5.82 Å². The quantitative estimate of drug-likeness (QED) is 0.658. The molecule has 0 spiro atoms. The van der Waals surface area contributed by atoms with E-state index in [9.17, 15) is 0 Å². The van der Waals surface area contributed by atoms with Gasteiger partial charge in [-0.1, -0.05) is 0 Å². The second kappa shape index (κ2) is 7.63. The van der Waals surface area contributed by atoms with Gasteiger partial charge >= 0.3 is 0 Å². The van der Waals surface area contributed by atoms with E-state index in [-0.39, 0.29) is 0 Å². The van der Waals surface area contributed by atoms with Crippen LogP contribution in [0.3, 0.4) is 0 Å². The Kier molecular flexibility index (Phi) is 5.92. The Balaban J connectivity index is 2.19. The lowest BCUT2D eigenvalue weighted by Gasteiger charge is -2.06. The van der Waals surface area contributed by atoms with Gasteiger partial charge in [0.2, 0.25) is 0 Å². The molecule has 2 N–H and O–H groups in total. The van der Waals surface area contributed by atoms with Gasteiger partial charge in [-0.2, -0.15) is 5.26 Å². The van der Waals surface area contributed by atoms with Crippen LogP contribution in [0.25, 0.3) is 0 Å². The molecule has 16 heavy (non-hydrogen) atoms. The zero-order valence-electron chi connectivity index (χ0n) is 9.36. The Morgan fingerprint density at radius 1 is 1.44 bits per heavy atom. The van der Waals surface area contributed by atoms with Crippen molar-refractivity contribution in [2.24, 2.45) is 0 Å². The number of nitrogens with one attached hydrogen (secondary N) is 2. The molecule has 1 rings (SSSR count). The van der Waals surface area contributed by atoms with Crippen molar-refractivity contribution in [3.63, 3.8) is 0 Å². The third kappa shape index (κ3) is 4.73. The molecule has 0 aliphatic rings. The number of methoxy groups -OCH3 is 1. The molecule has 0 fully saturated rings. The van der Waals surface area contributed by atoms with Gasteiger partial charge in [0.05, 0.1) is 18.2 Å². The van der Waals surface area contributed by atoms with Crippen molar-refractivity contribution in [2.75, 3.05) is 38.7 Å². The summed E-state index contributed by atoms with van der Waals surface area (Å²) in [6, 6.07) is 5.49. The average molecular weight is 220 g/mol. The summed E-state index contributed by atoms with van der Waals surface area (Å²) in [5, 5.41) is 15.0. The minimum Gasteiger partial charge on any atom is -0.383 e. The zero-order valence-corrected chi connectivity index (χ0v) is 9.36. The lowest BCUT2D eigenvalue weighted by molar-refractivity contribution is 0.200. The first-order valence-electron chi connectivity index (χ1n) is 5.16. The van der Waals surface area contributed by atoms with Gasteiger partial charge < -0.3 is 15.4 Å². The summed E-state index contributed by atoms with van der Waals surface area (Å²) in [5.41, 5.74) is 0.616. The highest BCUT2D eigenvalue weighted by atomic mass is 16.5. The van der Waals surface area contributed by atoms with E-state index in [4.69, 9.17) is 10.00 Å². The number of rotatable bonds is 7. The van der Waals surface area contributed by atoms with E-state index in [1.807, 2.05) is 0 Å². The highest BCUT2D eigenvalue weighted by Crippen LogP contribution is 2.04. The number of hydrogen-bond acceptors (Lipinski definition) is 5. The summed E-state index contributed by atoms with van der Waals surface area (Å²) in [6.45, 7) is 3.15. The number of ether oxygens (including phenoxy) is 1. The molecule has 1 aromatic heterocycles. The van der Waals surface area contributed by atoms with Crippen molar-refractivity contribution in [2.45, 2.75) is 0 Å². The molecule has 0 aliphatic carbocycles. The number of hydrogen-bond donors (Lipinski definition) is 2. The fraction of sp³-hybridized carbons (Fsp3) is 0.455. The first-order chi connectivity index (χ1) is 7.86. The summed E-state index contributed by atoms with van der Waals surface area (Å²) in [6.07, 6.45) is 1.62. The number of nitriles is 1. The molecule has 0 bridgehead atoms. The molecule has 0 unspecified atom stereocenters. The van der Waals surface area contributed by atoms with Gasteiger partial charge in [0, 0.05) is 32.9 Å². The Morgan fingerprint density at radius 3 is 3.06 bits per heavy atom. The largest absolute Gasteiger partial charge is 0.383 e. The van der Waals surface area contributed by atoms with Crippen LogP contribution < -0.4 is 10.6 Å². The normalized spacial score (nSPS) is 9.75.